The quantitative estimate of drug-likeness (QED) is 0.215. The van der Waals surface area contributed by atoms with Gasteiger partial charge in [-0.1, -0.05) is 6.07 Å². The lowest BCUT2D eigenvalue weighted by Gasteiger charge is -2.10. The molecule has 2 amide bonds. The van der Waals surface area contributed by atoms with Crippen molar-refractivity contribution in [2.24, 2.45) is 16.5 Å². The van der Waals surface area contributed by atoms with Gasteiger partial charge in [-0.15, -0.1) is 0 Å². The van der Waals surface area contributed by atoms with Gasteiger partial charge in [0.1, 0.15) is 5.75 Å². The van der Waals surface area contributed by atoms with E-state index in [4.69, 9.17) is 11.5 Å². The smallest absolute Gasteiger partial charge is 0.338 e. The van der Waals surface area contributed by atoms with E-state index in [1.54, 1.807) is 24.3 Å². The molecule has 0 fully saturated rings. The summed E-state index contributed by atoms with van der Waals surface area (Å²) < 4.78 is 4.66. The standard InChI is InChI=1S/C18H23N5O4/c1-27-16(25)12-8-11-4-5-13(10-14(11)15(24)9-12)23-18(26)22-7-3-2-6-21-17(19)20/h4-5,8-10,24H,2-3,6-7H2,1H3,(H4,19,20,21)(H2,22,23,26). The fraction of sp³-hybridized carbons (Fsp3) is 0.278. The number of nitrogens with one attached hydrogen (secondary N) is 2. The van der Waals surface area contributed by atoms with E-state index in [1.165, 1.54) is 13.2 Å². The van der Waals surface area contributed by atoms with Crippen molar-refractivity contribution in [2.45, 2.75) is 12.8 Å². The molecule has 2 aromatic carbocycles. The predicted octanol–water partition coefficient (Wildman–Crippen LogP) is 1.51. The largest absolute Gasteiger partial charge is 0.507 e. The number of esters is 1. The minimum Gasteiger partial charge on any atom is -0.507 e. The van der Waals surface area contributed by atoms with Gasteiger partial charge in [-0.2, -0.15) is 0 Å². The Bertz CT molecular complexity index is 862. The number of nitrogens with zero attached hydrogens (tertiary/aromatic N) is 1. The van der Waals surface area contributed by atoms with Gasteiger partial charge in [0.15, 0.2) is 5.96 Å². The molecule has 0 radical (unpaired) electrons. The van der Waals surface area contributed by atoms with Gasteiger partial charge < -0.3 is 31.9 Å². The molecule has 0 unspecified atom stereocenters. The van der Waals surface area contributed by atoms with Crippen molar-refractivity contribution in [3.05, 3.63) is 35.9 Å². The molecule has 2 aromatic rings. The van der Waals surface area contributed by atoms with Crippen LogP contribution in [0.5, 0.6) is 5.75 Å². The topological polar surface area (TPSA) is 152 Å². The number of phenols is 1. The number of carbonyl (C=O) groups is 2. The number of urea groups is 1. The lowest BCUT2D eigenvalue weighted by molar-refractivity contribution is 0.0600. The van der Waals surface area contributed by atoms with E-state index in [0.29, 0.717) is 29.5 Å². The molecule has 144 valence electrons. The number of nitrogens with two attached hydrogens (primary N) is 2. The molecule has 9 heteroatoms. The van der Waals surface area contributed by atoms with Crippen molar-refractivity contribution < 1.29 is 19.4 Å². The molecule has 0 aliphatic rings. The average Bonchev–Trinajstić information content (AvgIpc) is 2.64. The summed E-state index contributed by atoms with van der Waals surface area (Å²) in [7, 11) is 1.27. The number of anilines is 1. The van der Waals surface area contributed by atoms with Crippen LogP contribution in [0.1, 0.15) is 23.2 Å². The van der Waals surface area contributed by atoms with Crippen molar-refractivity contribution in [3.8, 4) is 5.75 Å². The number of carbonyl (C=O) groups excluding carboxylic acids is 2. The van der Waals surface area contributed by atoms with Crippen LogP contribution in [0, 0.1) is 0 Å². The van der Waals surface area contributed by atoms with Crippen molar-refractivity contribution in [1.29, 1.82) is 0 Å². The predicted molar refractivity (Wildman–Crippen MR) is 104 cm³/mol. The first-order valence-electron chi connectivity index (χ1n) is 8.36. The van der Waals surface area contributed by atoms with E-state index in [9.17, 15) is 14.7 Å². The Morgan fingerprint density at radius 1 is 1.19 bits per heavy atom. The molecule has 0 heterocycles. The number of hydrogen-bond donors (Lipinski definition) is 5. The Balaban J connectivity index is 1.95. The van der Waals surface area contributed by atoms with E-state index in [-0.39, 0.29) is 23.3 Å². The summed E-state index contributed by atoms with van der Waals surface area (Å²) in [6.07, 6.45) is 1.49. The Labute approximate surface area is 156 Å². The van der Waals surface area contributed by atoms with E-state index in [2.05, 4.69) is 20.4 Å². The van der Waals surface area contributed by atoms with E-state index in [1.807, 2.05) is 0 Å². The number of unbranched alkanes of at least 4 members (excludes halogenated alkanes) is 1. The van der Waals surface area contributed by atoms with Crippen LogP contribution in [-0.2, 0) is 4.74 Å². The molecule has 27 heavy (non-hydrogen) atoms. The van der Waals surface area contributed by atoms with Crippen LogP contribution in [0.3, 0.4) is 0 Å². The molecule has 0 atom stereocenters. The second-order valence-corrected chi connectivity index (χ2v) is 5.82. The number of methoxy groups -OCH3 is 1. The normalized spacial score (nSPS) is 10.3. The number of rotatable bonds is 7. The molecule has 0 aliphatic carbocycles. The number of fused-ring (bicyclic) bond motifs is 1. The molecule has 9 nitrogen and oxygen atoms in total. The summed E-state index contributed by atoms with van der Waals surface area (Å²) in [6.45, 7) is 0.996. The van der Waals surface area contributed by atoms with Gasteiger partial charge in [-0.05, 0) is 42.5 Å². The molecule has 0 saturated carbocycles. The number of aromatic hydroxyl groups is 1. The first kappa shape index (κ1) is 19.8. The van der Waals surface area contributed by atoms with Gasteiger partial charge >= 0.3 is 12.0 Å². The van der Waals surface area contributed by atoms with Gasteiger partial charge in [0, 0.05) is 24.2 Å². The minimum absolute atomic E-state index is 0.0546. The number of ether oxygens (including phenoxy) is 1. The second-order valence-electron chi connectivity index (χ2n) is 5.82. The molecular weight excluding hydrogens is 350 g/mol. The van der Waals surface area contributed by atoms with Gasteiger partial charge in [0.2, 0.25) is 0 Å². The number of guanidine groups is 1. The highest BCUT2D eigenvalue weighted by Gasteiger charge is 2.11. The van der Waals surface area contributed by atoms with Crippen LogP contribution >= 0.6 is 0 Å². The molecule has 0 aromatic heterocycles. The van der Waals surface area contributed by atoms with Crippen molar-refractivity contribution in [3.63, 3.8) is 0 Å². The van der Waals surface area contributed by atoms with Crippen LogP contribution in [0.15, 0.2) is 35.3 Å². The van der Waals surface area contributed by atoms with Crippen LogP contribution in [0.4, 0.5) is 10.5 Å². The third kappa shape index (κ3) is 5.77. The fourth-order valence-electron chi connectivity index (χ4n) is 2.47. The van der Waals surface area contributed by atoms with Crippen molar-refractivity contribution in [1.82, 2.24) is 5.32 Å². The van der Waals surface area contributed by atoms with Crippen LogP contribution in [-0.4, -0.2) is 43.3 Å². The highest BCUT2D eigenvalue weighted by Crippen LogP contribution is 2.29. The van der Waals surface area contributed by atoms with Crippen LogP contribution in [0.2, 0.25) is 0 Å². The van der Waals surface area contributed by atoms with Crippen LogP contribution < -0.4 is 22.1 Å². The van der Waals surface area contributed by atoms with Crippen LogP contribution in [0.25, 0.3) is 10.8 Å². The highest BCUT2D eigenvalue weighted by molar-refractivity contribution is 6.00. The molecule has 0 aliphatic heterocycles. The van der Waals surface area contributed by atoms with Gasteiger partial charge in [-0.3, -0.25) is 4.99 Å². The van der Waals surface area contributed by atoms with E-state index in [0.717, 1.165) is 12.8 Å². The SMILES string of the molecule is COC(=O)c1cc(O)c2cc(NC(=O)NCCCCN=C(N)N)ccc2c1. The zero-order valence-corrected chi connectivity index (χ0v) is 15.0. The second kappa shape index (κ2) is 9.27. The number of amides is 2. The Hall–Kier alpha value is -3.49. The third-order valence-corrected chi connectivity index (χ3v) is 3.78. The first-order valence-corrected chi connectivity index (χ1v) is 8.36. The number of aliphatic imine (C=N–C) groups is 1. The lowest BCUT2D eigenvalue weighted by Crippen LogP contribution is -2.29. The number of phenolic OH excluding ortho intramolecular Hbond substituents is 1. The summed E-state index contributed by atoms with van der Waals surface area (Å²) >= 11 is 0. The zero-order valence-electron chi connectivity index (χ0n) is 15.0. The summed E-state index contributed by atoms with van der Waals surface area (Å²) in [5.74, 6) is -0.552. The molecular formula is C18H23N5O4. The molecule has 0 bridgehead atoms. The van der Waals surface area contributed by atoms with E-state index < -0.39 is 5.97 Å². The van der Waals surface area contributed by atoms with Gasteiger partial charge in [0.25, 0.3) is 0 Å². The monoisotopic (exact) mass is 373 g/mol. The van der Waals surface area contributed by atoms with E-state index >= 15 is 0 Å². The zero-order chi connectivity index (χ0) is 19.8. The maximum Gasteiger partial charge on any atom is 0.338 e. The molecule has 0 saturated heterocycles. The maximum absolute atomic E-state index is 11.9. The first-order chi connectivity index (χ1) is 12.9. The van der Waals surface area contributed by atoms with Crippen molar-refractivity contribution in [2.75, 3.05) is 25.5 Å². The molecule has 0 spiro atoms. The summed E-state index contributed by atoms with van der Waals surface area (Å²) in [4.78, 5) is 27.4. The highest BCUT2D eigenvalue weighted by atomic mass is 16.5. The summed E-state index contributed by atoms with van der Waals surface area (Å²) in [5.41, 5.74) is 11.2. The third-order valence-electron chi connectivity index (χ3n) is 3.78. The lowest BCUT2D eigenvalue weighted by atomic mass is 10.0. The Morgan fingerprint density at radius 3 is 2.67 bits per heavy atom. The maximum atomic E-state index is 11.9. The molecule has 2 rings (SSSR count). The Morgan fingerprint density at radius 2 is 1.96 bits per heavy atom. The van der Waals surface area contributed by atoms with Gasteiger partial charge in [-0.25, -0.2) is 9.59 Å². The average molecular weight is 373 g/mol. The molecule has 7 N–H and O–H groups in total. The minimum atomic E-state index is -0.534. The Kier molecular flexibility index (Phi) is 6.81. The summed E-state index contributed by atoms with van der Waals surface area (Å²) in [5, 5.41) is 16.7. The summed E-state index contributed by atoms with van der Waals surface area (Å²) in [6, 6.07) is 7.59. The van der Waals surface area contributed by atoms with Gasteiger partial charge in [0.05, 0.1) is 12.7 Å². The fourth-order valence-corrected chi connectivity index (χ4v) is 2.47. The number of hydrogen-bond acceptors (Lipinski definition) is 5. The number of benzene rings is 2. The van der Waals surface area contributed by atoms with Crippen molar-refractivity contribution >= 4 is 34.4 Å².